The molecule has 2 atom stereocenters. The first-order valence-electron chi connectivity index (χ1n) is 11.8. The van der Waals surface area contributed by atoms with E-state index in [-0.39, 0.29) is 35.5 Å². The highest BCUT2D eigenvalue weighted by Gasteiger charge is 2.45. The van der Waals surface area contributed by atoms with Crippen molar-refractivity contribution in [1.82, 2.24) is 20.1 Å². The molecule has 2 N–H and O–H groups in total. The second-order valence-electron chi connectivity index (χ2n) is 11.4. The van der Waals surface area contributed by atoms with Crippen LogP contribution in [-0.4, -0.2) is 38.9 Å². The Morgan fingerprint density at radius 2 is 1.91 bits per heavy atom. The molecule has 0 aliphatic carbocycles. The fourth-order valence-electron chi connectivity index (χ4n) is 4.50. The van der Waals surface area contributed by atoms with E-state index in [1.807, 2.05) is 39.3 Å². The van der Waals surface area contributed by atoms with Crippen LogP contribution in [-0.2, 0) is 21.5 Å². The molecular formula is C25H37F2N5O2. The summed E-state index contributed by atoms with van der Waals surface area (Å²) >= 11 is 0. The molecule has 1 saturated heterocycles. The van der Waals surface area contributed by atoms with Gasteiger partial charge >= 0.3 is 5.97 Å². The Kier molecular flexibility index (Phi) is 7.09. The topological polar surface area (TPSA) is 81.1 Å². The summed E-state index contributed by atoms with van der Waals surface area (Å²) < 4.78 is 37.1. The quantitative estimate of drug-likeness (QED) is 0.590. The number of hydrogen-bond donors (Lipinski definition) is 2. The molecule has 1 unspecified atom stereocenters. The molecule has 34 heavy (non-hydrogen) atoms. The van der Waals surface area contributed by atoms with Gasteiger partial charge in [-0.1, -0.05) is 0 Å². The van der Waals surface area contributed by atoms with Crippen LogP contribution in [0.2, 0.25) is 0 Å². The van der Waals surface area contributed by atoms with Crippen LogP contribution in [0.5, 0.6) is 0 Å². The molecule has 2 aromatic heterocycles. The second kappa shape index (κ2) is 9.24. The zero-order chi connectivity index (χ0) is 25.5. The van der Waals surface area contributed by atoms with E-state index in [4.69, 9.17) is 4.74 Å². The molecule has 188 valence electrons. The standard InChI is InChI=1S/C25H37F2N5O2/c1-15-13-25(9-10-28-15,22(33)34-24(6,7)8)14-19-17(26)12-18(27)21(29-19)30-20-11-16(2)32(31-20)23(3,4)5/h11-12,15,28H,9-10,13-14H2,1-8H3,(H,29,30,31)/t15-,25?/m1/s1. The maximum Gasteiger partial charge on any atom is 0.313 e. The first-order valence-corrected chi connectivity index (χ1v) is 11.8. The van der Waals surface area contributed by atoms with Gasteiger partial charge in [0.2, 0.25) is 0 Å². The normalized spacial score (nSPS) is 21.4. The molecule has 0 aromatic carbocycles. The Morgan fingerprint density at radius 1 is 1.24 bits per heavy atom. The SMILES string of the molecule is Cc1cc(Nc2nc(CC3(C(=O)OC(C)(C)C)CCN[C@H](C)C3)c(F)cc2F)nn1C(C)(C)C. The van der Waals surface area contributed by atoms with Crippen molar-refractivity contribution < 1.29 is 18.3 Å². The van der Waals surface area contributed by atoms with Crippen molar-refractivity contribution in [3.05, 3.63) is 35.2 Å². The number of pyridine rings is 1. The summed E-state index contributed by atoms with van der Waals surface area (Å²) in [5.74, 6) is -1.71. The Hall–Kier alpha value is -2.55. The van der Waals surface area contributed by atoms with Crippen LogP contribution in [0, 0.1) is 24.0 Å². The lowest BCUT2D eigenvalue weighted by Crippen LogP contribution is -2.50. The maximum absolute atomic E-state index is 14.9. The number of hydrogen-bond acceptors (Lipinski definition) is 6. The molecular weight excluding hydrogens is 440 g/mol. The van der Waals surface area contributed by atoms with Gasteiger partial charge in [0.1, 0.15) is 11.4 Å². The number of anilines is 2. The van der Waals surface area contributed by atoms with Crippen LogP contribution in [0.1, 0.15) is 72.7 Å². The molecule has 3 heterocycles. The molecule has 0 spiro atoms. The molecule has 0 saturated carbocycles. The number of piperidine rings is 1. The van der Waals surface area contributed by atoms with E-state index in [2.05, 4.69) is 20.7 Å². The zero-order valence-corrected chi connectivity index (χ0v) is 21.5. The molecule has 3 rings (SSSR count). The molecule has 0 radical (unpaired) electrons. The molecule has 7 nitrogen and oxygen atoms in total. The first kappa shape index (κ1) is 26.1. The zero-order valence-electron chi connectivity index (χ0n) is 21.5. The van der Waals surface area contributed by atoms with Crippen LogP contribution < -0.4 is 10.6 Å². The van der Waals surface area contributed by atoms with Crippen LogP contribution in [0.25, 0.3) is 0 Å². The smallest absolute Gasteiger partial charge is 0.313 e. The minimum absolute atomic E-state index is 0.0180. The van der Waals surface area contributed by atoms with E-state index in [0.717, 1.165) is 11.8 Å². The fraction of sp³-hybridized carbons (Fsp3) is 0.640. The molecule has 1 aliphatic rings. The minimum atomic E-state index is -0.953. The Balaban J connectivity index is 1.94. The van der Waals surface area contributed by atoms with Gasteiger partial charge in [0.25, 0.3) is 0 Å². The van der Waals surface area contributed by atoms with Crippen molar-refractivity contribution in [2.75, 3.05) is 11.9 Å². The van der Waals surface area contributed by atoms with Crippen LogP contribution in [0.3, 0.4) is 0 Å². The van der Waals surface area contributed by atoms with Crippen molar-refractivity contribution in [3.8, 4) is 0 Å². The Bertz CT molecular complexity index is 1050. The van der Waals surface area contributed by atoms with Crippen molar-refractivity contribution in [2.24, 2.45) is 5.41 Å². The van der Waals surface area contributed by atoms with Gasteiger partial charge in [0.15, 0.2) is 17.5 Å². The highest BCUT2D eigenvalue weighted by Crippen LogP contribution is 2.38. The summed E-state index contributed by atoms with van der Waals surface area (Å²) in [6, 6.07) is 2.64. The van der Waals surface area contributed by atoms with Gasteiger partial charge in [0, 0.05) is 30.3 Å². The predicted octanol–water partition coefficient (Wildman–Crippen LogP) is 5.01. The highest BCUT2D eigenvalue weighted by molar-refractivity contribution is 5.78. The van der Waals surface area contributed by atoms with E-state index in [0.29, 0.717) is 25.2 Å². The number of rotatable bonds is 5. The summed E-state index contributed by atoms with van der Waals surface area (Å²) in [7, 11) is 0. The molecule has 1 fully saturated rings. The van der Waals surface area contributed by atoms with Gasteiger partial charge in [-0.15, -0.1) is 0 Å². The van der Waals surface area contributed by atoms with E-state index in [1.165, 1.54) is 0 Å². The number of ether oxygens (including phenoxy) is 1. The second-order valence-corrected chi connectivity index (χ2v) is 11.4. The largest absolute Gasteiger partial charge is 0.460 e. The van der Waals surface area contributed by atoms with Gasteiger partial charge < -0.3 is 15.4 Å². The van der Waals surface area contributed by atoms with E-state index in [1.54, 1.807) is 26.8 Å². The summed E-state index contributed by atoms with van der Waals surface area (Å²) in [6.07, 6.45) is 0.964. The lowest BCUT2D eigenvalue weighted by molar-refractivity contribution is -0.170. The van der Waals surface area contributed by atoms with Crippen molar-refractivity contribution in [3.63, 3.8) is 0 Å². The van der Waals surface area contributed by atoms with Crippen LogP contribution >= 0.6 is 0 Å². The van der Waals surface area contributed by atoms with Gasteiger partial charge in [-0.25, -0.2) is 13.8 Å². The first-order chi connectivity index (χ1) is 15.6. The third kappa shape index (κ3) is 5.92. The van der Waals surface area contributed by atoms with Gasteiger partial charge in [0.05, 0.1) is 16.6 Å². The van der Waals surface area contributed by atoms with E-state index < -0.39 is 22.7 Å². The average molecular weight is 478 g/mol. The Labute approximate surface area is 200 Å². The molecule has 0 bridgehead atoms. The number of aromatic nitrogens is 3. The number of aryl methyl sites for hydroxylation is 1. The third-order valence-electron chi connectivity index (χ3n) is 5.90. The Morgan fingerprint density at radius 3 is 2.47 bits per heavy atom. The van der Waals surface area contributed by atoms with E-state index >= 15 is 0 Å². The van der Waals surface area contributed by atoms with Crippen molar-refractivity contribution in [1.29, 1.82) is 0 Å². The van der Waals surface area contributed by atoms with Crippen molar-refractivity contribution >= 4 is 17.6 Å². The van der Waals surface area contributed by atoms with Gasteiger partial charge in [-0.2, -0.15) is 5.10 Å². The lowest BCUT2D eigenvalue weighted by atomic mass is 9.72. The summed E-state index contributed by atoms with van der Waals surface area (Å²) in [4.78, 5) is 17.5. The summed E-state index contributed by atoms with van der Waals surface area (Å²) in [5, 5.41) is 10.7. The minimum Gasteiger partial charge on any atom is -0.460 e. The molecule has 9 heteroatoms. The highest BCUT2D eigenvalue weighted by atomic mass is 19.1. The molecule has 0 amide bonds. The third-order valence-corrected chi connectivity index (χ3v) is 5.90. The summed E-state index contributed by atoms with van der Waals surface area (Å²) in [5.41, 5.74) is -0.967. The summed E-state index contributed by atoms with van der Waals surface area (Å²) in [6.45, 7) is 15.9. The number of carbonyl (C=O) groups excluding carboxylic acids is 1. The lowest BCUT2D eigenvalue weighted by Gasteiger charge is -2.40. The van der Waals surface area contributed by atoms with Gasteiger partial charge in [-0.3, -0.25) is 9.48 Å². The molecule has 2 aromatic rings. The van der Waals surface area contributed by atoms with E-state index in [9.17, 15) is 13.6 Å². The number of carbonyl (C=O) groups is 1. The van der Waals surface area contributed by atoms with Crippen LogP contribution in [0.4, 0.5) is 20.4 Å². The number of nitrogens with zero attached hydrogens (tertiary/aromatic N) is 3. The maximum atomic E-state index is 14.9. The van der Waals surface area contributed by atoms with Crippen LogP contribution in [0.15, 0.2) is 12.1 Å². The molecule has 1 aliphatic heterocycles. The monoisotopic (exact) mass is 477 g/mol. The fourth-order valence-corrected chi connectivity index (χ4v) is 4.50. The number of halogens is 2. The van der Waals surface area contributed by atoms with Crippen molar-refractivity contribution in [2.45, 2.75) is 91.8 Å². The average Bonchev–Trinajstić information content (AvgIpc) is 3.05. The number of nitrogens with one attached hydrogen (secondary N) is 2. The number of esters is 1. The predicted molar refractivity (Wildman–Crippen MR) is 128 cm³/mol. The van der Waals surface area contributed by atoms with Gasteiger partial charge in [-0.05, 0) is 74.8 Å².